The van der Waals surface area contributed by atoms with Crippen molar-refractivity contribution in [2.24, 2.45) is 5.92 Å². The normalized spacial score (nSPS) is 18.0. The second-order valence-corrected chi connectivity index (χ2v) is 7.09. The van der Waals surface area contributed by atoms with E-state index in [1.807, 2.05) is 32.6 Å². The molecule has 0 N–H and O–H groups in total. The third-order valence-electron chi connectivity index (χ3n) is 4.30. The standard InChI is InChI=1S/C17H32N2O3/c1-7-15(19(8-2)13(3)20)14-9-11-18(12-10-14)16(21)22-17(4,5)6/h14-15H,7-12H2,1-6H3. The van der Waals surface area contributed by atoms with Gasteiger partial charge in [0.15, 0.2) is 0 Å². The molecule has 1 rings (SSSR count). The number of amides is 2. The SMILES string of the molecule is CCC(C1CCN(C(=O)OC(C)(C)C)CC1)N(CC)C(C)=O. The smallest absolute Gasteiger partial charge is 0.410 e. The summed E-state index contributed by atoms with van der Waals surface area (Å²) >= 11 is 0. The molecule has 0 aromatic rings. The van der Waals surface area contributed by atoms with Crippen LogP contribution in [0.15, 0.2) is 0 Å². The minimum Gasteiger partial charge on any atom is -0.444 e. The molecule has 0 radical (unpaired) electrons. The van der Waals surface area contributed by atoms with Crippen LogP contribution in [0.3, 0.4) is 0 Å². The molecular weight excluding hydrogens is 280 g/mol. The third-order valence-corrected chi connectivity index (χ3v) is 4.30. The molecule has 5 heteroatoms. The van der Waals surface area contributed by atoms with Gasteiger partial charge in [0.1, 0.15) is 5.60 Å². The van der Waals surface area contributed by atoms with Gasteiger partial charge in [-0.1, -0.05) is 6.92 Å². The second kappa shape index (κ2) is 7.84. The Bertz CT molecular complexity index is 382. The van der Waals surface area contributed by atoms with Gasteiger partial charge in [-0.05, 0) is 52.9 Å². The molecule has 0 spiro atoms. The monoisotopic (exact) mass is 312 g/mol. The lowest BCUT2D eigenvalue weighted by Crippen LogP contribution is -2.48. The predicted molar refractivity (Wildman–Crippen MR) is 87.7 cm³/mol. The zero-order valence-electron chi connectivity index (χ0n) is 15.0. The summed E-state index contributed by atoms with van der Waals surface area (Å²) in [4.78, 5) is 27.6. The number of hydrogen-bond donors (Lipinski definition) is 0. The van der Waals surface area contributed by atoms with Gasteiger partial charge < -0.3 is 14.5 Å². The molecule has 1 unspecified atom stereocenters. The fraction of sp³-hybridized carbons (Fsp3) is 0.882. The number of hydrogen-bond acceptors (Lipinski definition) is 3. The minimum atomic E-state index is -0.451. The van der Waals surface area contributed by atoms with E-state index >= 15 is 0 Å². The number of likely N-dealkylation sites (tertiary alicyclic amines) is 1. The van der Waals surface area contributed by atoms with E-state index in [-0.39, 0.29) is 18.0 Å². The molecule has 0 bridgehead atoms. The van der Waals surface area contributed by atoms with Crippen LogP contribution in [0.1, 0.15) is 60.8 Å². The van der Waals surface area contributed by atoms with Crippen molar-refractivity contribution in [3.8, 4) is 0 Å². The first kappa shape index (κ1) is 18.8. The fourth-order valence-corrected chi connectivity index (χ4v) is 3.29. The Morgan fingerprint density at radius 1 is 1.23 bits per heavy atom. The summed E-state index contributed by atoms with van der Waals surface area (Å²) in [5.41, 5.74) is -0.451. The van der Waals surface area contributed by atoms with Crippen molar-refractivity contribution in [2.45, 2.75) is 72.4 Å². The number of ether oxygens (including phenoxy) is 1. The van der Waals surface area contributed by atoms with E-state index < -0.39 is 5.60 Å². The molecule has 1 atom stereocenters. The van der Waals surface area contributed by atoms with Crippen molar-refractivity contribution in [1.29, 1.82) is 0 Å². The van der Waals surface area contributed by atoms with Crippen molar-refractivity contribution in [2.75, 3.05) is 19.6 Å². The Kier molecular flexibility index (Phi) is 6.69. The number of carbonyl (C=O) groups is 2. The van der Waals surface area contributed by atoms with E-state index in [0.29, 0.717) is 19.0 Å². The van der Waals surface area contributed by atoms with Crippen molar-refractivity contribution < 1.29 is 14.3 Å². The van der Waals surface area contributed by atoms with Gasteiger partial charge in [-0.3, -0.25) is 4.79 Å². The average Bonchev–Trinajstić information content (AvgIpc) is 2.42. The van der Waals surface area contributed by atoms with Crippen LogP contribution >= 0.6 is 0 Å². The Labute approximate surface area is 135 Å². The molecule has 22 heavy (non-hydrogen) atoms. The van der Waals surface area contributed by atoms with Crippen molar-refractivity contribution in [3.63, 3.8) is 0 Å². The van der Waals surface area contributed by atoms with Crippen molar-refractivity contribution in [1.82, 2.24) is 9.80 Å². The highest BCUT2D eigenvalue weighted by Gasteiger charge is 2.32. The van der Waals surface area contributed by atoms with Crippen LogP contribution in [0, 0.1) is 5.92 Å². The van der Waals surface area contributed by atoms with E-state index in [2.05, 4.69) is 6.92 Å². The molecule has 128 valence electrons. The summed E-state index contributed by atoms with van der Waals surface area (Å²) in [6, 6.07) is 0.281. The van der Waals surface area contributed by atoms with Gasteiger partial charge in [0.2, 0.25) is 5.91 Å². The van der Waals surface area contributed by atoms with Gasteiger partial charge in [0.05, 0.1) is 0 Å². The maximum Gasteiger partial charge on any atom is 0.410 e. The molecular formula is C17H32N2O3. The van der Waals surface area contributed by atoms with Crippen molar-refractivity contribution in [3.05, 3.63) is 0 Å². The molecule has 1 aliphatic rings. The Hall–Kier alpha value is -1.26. The number of rotatable bonds is 4. The molecule has 1 heterocycles. The van der Waals surface area contributed by atoms with Crippen LogP contribution in [-0.2, 0) is 9.53 Å². The van der Waals surface area contributed by atoms with Gasteiger partial charge >= 0.3 is 6.09 Å². The van der Waals surface area contributed by atoms with Crippen LogP contribution in [0.5, 0.6) is 0 Å². The quantitative estimate of drug-likeness (QED) is 0.800. The second-order valence-electron chi connectivity index (χ2n) is 7.09. The Morgan fingerprint density at radius 2 is 1.77 bits per heavy atom. The zero-order valence-corrected chi connectivity index (χ0v) is 15.0. The van der Waals surface area contributed by atoms with Gasteiger partial charge in [0, 0.05) is 32.6 Å². The summed E-state index contributed by atoms with van der Waals surface area (Å²) in [5, 5.41) is 0. The van der Waals surface area contributed by atoms with Gasteiger partial charge in [0.25, 0.3) is 0 Å². The van der Waals surface area contributed by atoms with Gasteiger partial charge in [-0.15, -0.1) is 0 Å². The summed E-state index contributed by atoms with van der Waals surface area (Å²) < 4.78 is 5.43. The maximum atomic E-state index is 12.1. The number of carbonyl (C=O) groups excluding carboxylic acids is 2. The lowest BCUT2D eigenvalue weighted by Gasteiger charge is -2.40. The summed E-state index contributed by atoms with van der Waals surface area (Å²) in [6.07, 6.45) is 2.60. The van der Waals surface area contributed by atoms with Crippen LogP contribution in [-0.4, -0.2) is 53.1 Å². The average molecular weight is 312 g/mol. The zero-order chi connectivity index (χ0) is 16.9. The third kappa shape index (κ3) is 5.18. The van der Waals surface area contributed by atoms with Crippen LogP contribution in [0.4, 0.5) is 4.79 Å². The summed E-state index contributed by atoms with van der Waals surface area (Å²) in [7, 11) is 0. The number of piperidine rings is 1. The topological polar surface area (TPSA) is 49.9 Å². The maximum absolute atomic E-state index is 12.1. The lowest BCUT2D eigenvalue weighted by atomic mass is 9.87. The van der Waals surface area contributed by atoms with E-state index in [9.17, 15) is 9.59 Å². The van der Waals surface area contributed by atoms with Crippen molar-refractivity contribution >= 4 is 12.0 Å². The summed E-state index contributed by atoms with van der Waals surface area (Å²) in [5.74, 6) is 0.608. The molecule has 0 aromatic heterocycles. The Balaban J connectivity index is 2.60. The largest absolute Gasteiger partial charge is 0.444 e. The number of nitrogens with zero attached hydrogens (tertiary/aromatic N) is 2. The molecule has 1 aliphatic heterocycles. The highest BCUT2D eigenvalue weighted by atomic mass is 16.6. The lowest BCUT2D eigenvalue weighted by molar-refractivity contribution is -0.132. The highest BCUT2D eigenvalue weighted by Crippen LogP contribution is 2.27. The molecule has 0 aromatic carbocycles. The molecule has 1 fully saturated rings. The van der Waals surface area contributed by atoms with Crippen LogP contribution in [0.25, 0.3) is 0 Å². The molecule has 0 saturated carbocycles. The molecule has 1 saturated heterocycles. The van der Waals surface area contributed by atoms with E-state index in [1.54, 1.807) is 11.8 Å². The highest BCUT2D eigenvalue weighted by molar-refractivity contribution is 5.73. The van der Waals surface area contributed by atoms with E-state index in [1.165, 1.54) is 0 Å². The van der Waals surface area contributed by atoms with Gasteiger partial charge in [-0.2, -0.15) is 0 Å². The first-order chi connectivity index (χ1) is 10.2. The summed E-state index contributed by atoms with van der Waals surface area (Å²) in [6.45, 7) is 13.6. The minimum absolute atomic E-state index is 0.143. The predicted octanol–water partition coefficient (Wildman–Crippen LogP) is 3.28. The van der Waals surface area contributed by atoms with Crippen LogP contribution in [0.2, 0.25) is 0 Å². The first-order valence-electron chi connectivity index (χ1n) is 8.44. The van der Waals surface area contributed by atoms with Gasteiger partial charge in [-0.25, -0.2) is 4.79 Å². The van der Waals surface area contributed by atoms with E-state index in [0.717, 1.165) is 25.8 Å². The van der Waals surface area contributed by atoms with Crippen LogP contribution < -0.4 is 0 Å². The first-order valence-corrected chi connectivity index (χ1v) is 8.44. The fourth-order valence-electron chi connectivity index (χ4n) is 3.29. The molecule has 2 amide bonds. The van der Waals surface area contributed by atoms with E-state index in [4.69, 9.17) is 4.74 Å². The molecule has 0 aliphatic carbocycles. The molecule has 5 nitrogen and oxygen atoms in total. The Morgan fingerprint density at radius 3 is 2.14 bits per heavy atom.